The van der Waals surface area contributed by atoms with Crippen LogP contribution in [0.2, 0.25) is 0 Å². The maximum Gasteiger partial charge on any atom is 0.0679 e. The van der Waals surface area contributed by atoms with Gasteiger partial charge in [-0.2, -0.15) is 12.6 Å². The van der Waals surface area contributed by atoms with E-state index in [1.54, 1.807) is 0 Å². The monoisotopic (exact) mass is 175 g/mol. The summed E-state index contributed by atoms with van der Waals surface area (Å²) in [5.74, 6) is 0.792. The lowest BCUT2D eigenvalue weighted by Crippen LogP contribution is -2.42. The van der Waals surface area contributed by atoms with Crippen LogP contribution in [-0.2, 0) is 0 Å². The van der Waals surface area contributed by atoms with Gasteiger partial charge in [0, 0.05) is 13.1 Å². The Morgan fingerprint density at radius 2 is 2.00 bits per heavy atom. The molecule has 1 aliphatic heterocycles. The Bertz CT molecular complexity index is 121. The highest BCUT2D eigenvalue weighted by Crippen LogP contribution is 2.24. The summed E-state index contributed by atoms with van der Waals surface area (Å²) in [6, 6.07) is 0. The summed E-state index contributed by atoms with van der Waals surface area (Å²) in [6.07, 6.45) is 2.65. The molecule has 1 rings (SSSR count). The molecule has 3 heteroatoms. The predicted octanol–water partition coefficient (Wildman–Crippen LogP) is 0.763. The first kappa shape index (κ1) is 9.36. The largest absolute Gasteiger partial charge is 0.390 e. The van der Waals surface area contributed by atoms with Gasteiger partial charge in [0.2, 0.25) is 0 Å². The predicted molar refractivity (Wildman–Crippen MR) is 50.2 cm³/mol. The molecule has 1 aliphatic rings. The van der Waals surface area contributed by atoms with Gasteiger partial charge < -0.3 is 10.0 Å². The van der Waals surface area contributed by atoms with Crippen LogP contribution in [0.15, 0.2) is 0 Å². The Labute approximate surface area is 74.0 Å². The second-order valence-corrected chi connectivity index (χ2v) is 3.95. The van der Waals surface area contributed by atoms with Crippen molar-refractivity contribution < 1.29 is 5.11 Å². The van der Waals surface area contributed by atoms with E-state index >= 15 is 0 Å². The minimum Gasteiger partial charge on any atom is -0.390 e. The molecule has 0 bridgehead atoms. The summed E-state index contributed by atoms with van der Waals surface area (Å²) in [5, 5.41) is 9.91. The zero-order valence-corrected chi connectivity index (χ0v) is 7.98. The summed E-state index contributed by atoms with van der Waals surface area (Å²) < 4.78 is 0. The lowest BCUT2D eigenvalue weighted by atomic mass is 9.89. The van der Waals surface area contributed by atoms with Crippen molar-refractivity contribution in [1.29, 1.82) is 0 Å². The van der Waals surface area contributed by atoms with E-state index in [4.69, 9.17) is 0 Å². The third kappa shape index (κ3) is 2.65. The summed E-state index contributed by atoms with van der Waals surface area (Å²) in [4.78, 5) is 2.26. The fourth-order valence-electron chi connectivity index (χ4n) is 1.49. The van der Waals surface area contributed by atoms with Gasteiger partial charge in [-0.25, -0.2) is 0 Å². The number of rotatable bonds is 2. The third-order valence-corrected chi connectivity index (χ3v) is 2.72. The summed E-state index contributed by atoms with van der Waals surface area (Å²) in [7, 11) is 2.10. The molecule has 66 valence electrons. The fraction of sp³-hybridized carbons (Fsp3) is 1.00. The number of aliphatic hydroxyl groups is 1. The molecule has 0 aliphatic carbocycles. The standard InChI is InChI=1S/C8H17NOS/c1-9-5-2-8(10,3-6-9)4-7-11/h10-11H,2-7H2,1H3. The number of hydrogen-bond acceptors (Lipinski definition) is 3. The van der Waals surface area contributed by atoms with Crippen LogP contribution in [0.1, 0.15) is 19.3 Å². The normalized spacial score (nSPS) is 25.4. The molecule has 0 aromatic rings. The van der Waals surface area contributed by atoms with Gasteiger partial charge >= 0.3 is 0 Å². The van der Waals surface area contributed by atoms with Crippen LogP contribution in [0.5, 0.6) is 0 Å². The van der Waals surface area contributed by atoms with Crippen LogP contribution in [0.25, 0.3) is 0 Å². The molecule has 2 nitrogen and oxygen atoms in total. The first-order valence-electron chi connectivity index (χ1n) is 4.18. The van der Waals surface area contributed by atoms with E-state index in [1.807, 2.05) is 0 Å². The number of nitrogens with zero attached hydrogens (tertiary/aromatic N) is 1. The Balaban J connectivity index is 2.35. The fourth-order valence-corrected chi connectivity index (χ4v) is 1.91. The molecule has 0 radical (unpaired) electrons. The van der Waals surface area contributed by atoms with Gasteiger partial charge in [0.05, 0.1) is 5.60 Å². The summed E-state index contributed by atoms with van der Waals surface area (Å²) in [5.41, 5.74) is -0.408. The van der Waals surface area contributed by atoms with E-state index < -0.39 is 5.60 Å². The third-order valence-electron chi connectivity index (χ3n) is 2.49. The topological polar surface area (TPSA) is 23.5 Å². The van der Waals surface area contributed by atoms with Crippen LogP contribution >= 0.6 is 12.6 Å². The highest BCUT2D eigenvalue weighted by atomic mass is 32.1. The molecule has 0 spiro atoms. The molecule has 1 fully saturated rings. The Morgan fingerprint density at radius 3 is 2.45 bits per heavy atom. The van der Waals surface area contributed by atoms with Crippen molar-refractivity contribution in [1.82, 2.24) is 4.90 Å². The van der Waals surface area contributed by atoms with Crippen molar-refractivity contribution in [2.45, 2.75) is 24.9 Å². The molecular weight excluding hydrogens is 158 g/mol. The summed E-state index contributed by atoms with van der Waals surface area (Å²) in [6.45, 7) is 2.04. The lowest BCUT2D eigenvalue weighted by Gasteiger charge is -2.36. The van der Waals surface area contributed by atoms with Crippen molar-refractivity contribution in [3.8, 4) is 0 Å². The van der Waals surface area contributed by atoms with E-state index in [1.165, 1.54) is 0 Å². The Morgan fingerprint density at radius 1 is 1.45 bits per heavy atom. The minimum absolute atomic E-state index is 0.408. The van der Waals surface area contributed by atoms with E-state index in [9.17, 15) is 5.11 Å². The number of likely N-dealkylation sites (tertiary alicyclic amines) is 1. The molecule has 11 heavy (non-hydrogen) atoms. The number of hydrogen-bond donors (Lipinski definition) is 2. The van der Waals surface area contributed by atoms with Crippen molar-refractivity contribution in [3.05, 3.63) is 0 Å². The van der Waals surface area contributed by atoms with Gasteiger partial charge in [-0.1, -0.05) is 0 Å². The first-order chi connectivity index (χ1) is 5.16. The van der Waals surface area contributed by atoms with Crippen molar-refractivity contribution in [2.75, 3.05) is 25.9 Å². The number of piperidine rings is 1. The highest BCUT2D eigenvalue weighted by molar-refractivity contribution is 7.80. The molecule has 0 amide bonds. The molecule has 0 unspecified atom stereocenters. The van der Waals surface area contributed by atoms with E-state index in [2.05, 4.69) is 24.6 Å². The van der Waals surface area contributed by atoms with Crippen LogP contribution < -0.4 is 0 Å². The van der Waals surface area contributed by atoms with E-state index in [-0.39, 0.29) is 0 Å². The highest BCUT2D eigenvalue weighted by Gasteiger charge is 2.29. The van der Waals surface area contributed by atoms with Gasteiger partial charge in [0.15, 0.2) is 0 Å². The van der Waals surface area contributed by atoms with Gasteiger partial charge in [-0.3, -0.25) is 0 Å². The van der Waals surface area contributed by atoms with E-state index in [0.29, 0.717) is 0 Å². The maximum absolute atomic E-state index is 9.91. The quantitative estimate of drug-likeness (QED) is 0.605. The van der Waals surface area contributed by atoms with Gasteiger partial charge in [0.1, 0.15) is 0 Å². The minimum atomic E-state index is -0.408. The summed E-state index contributed by atoms with van der Waals surface area (Å²) >= 11 is 4.13. The average molecular weight is 175 g/mol. The van der Waals surface area contributed by atoms with Crippen LogP contribution in [0.4, 0.5) is 0 Å². The molecule has 0 saturated carbocycles. The van der Waals surface area contributed by atoms with Crippen LogP contribution in [0, 0.1) is 0 Å². The lowest BCUT2D eigenvalue weighted by molar-refractivity contribution is -0.0173. The molecule has 0 atom stereocenters. The van der Waals surface area contributed by atoms with Crippen molar-refractivity contribution >= 4 is 12.6 Å². The second kappa shape index (κ2) is 3.78. The van der Waals surface area contributed by atoms with Crippen molar-refractivity contribution in [2.24, 2.45) is 0 Å². The molecule has 1 saturated heterocycles. The van der Waals surface area contributed by atoms with Crippen molar-refractivity contribution in [3.63, 3.8) is 0 Å². The second-order valence-electron chi connectivity index (χ2n) is 3.50. The SMILES string of the molecule is CN1CCC(O)(CCS)CC1. The van der Waals surface area contributed by atoms with Crippen LogP contribution in [-0.4, -0.2) is 41.5 Å². The zero-order chi connectivity index (χ0) is 8.32. The van der Waals surface area contributed by atoms with Gasteiger partial charge in [-0.05, 0) is 32.1 Å². The van der Waals surface area contributed by atoms with Gasteiger partial charge in [-0.15, -0.1) is 0 Å². The first-order valence-corrected chi connectivity index (χ1v) is 4.81. The average Bonchev–Trinajstić information content (AvgIpc) is 1.97. The molecular formula is C8H17NOS. The Hall–Kier alpha value is 0.270. The molecule has 0 aromatic heterocycles. The molecule has 1 heterocycles. The van der Waals surface area contributed by atoms with Crippen LogP contribution in [0.3, 0.4) is 0 Å². The number of thiol groups is 1. The van der Waals surface area contributed by atoms with E-state index in [0.717, 1.165) is 38.1 Å². The Kier molecular flexibility index (Phi) is 3.22. The zero-order valence-electron chi connectivity index (χ0n) is 7.08. The molecule has 1 N–H and O–H groups in total. The van der Waals surface area contributed by atoms with Gasteiger partial charge in [0.25, 0.3) is 0 Å². The molecule has 0 aromatic carbocycles. The smallest absolute Gasteiger partial charge is 0.0679 e. The maximum atomic E-state index is 9.91.